The molecule has 122 valence electrons. The number of likely N-dealkylation sites (tertiary alicyclic amines) is 1. The summed E-state index contributed by atoms with van der Waals surface area (Å²) in [6, 6.07) is 8.48. The first kappa shape index (κ1) is 17.5. The van der Waals surface area contributed by atoms with Crippen LogP contribution < -0.4 is 10.2 Å². The first-order chi connectivity index (χ1) is 10.6. The second-order valence-corrected chi connectivity index (χ2v) is 6.97. The third-order valence-electron chi connectivity index (χ3n) is 4.48. The molecule has 0 aliphatic carbocycles. The van der Waals surface area contributed by atoms with E-state index in [1.165, 1.54) is 32.2 Å². The van der Waals surface area contributed by atoms with E-state index in [0.717, 1.165) is 35.0 Å². The number of hydrogen-bond donors (Lipinski definition) is 2. The average molecular weight is 341 g/mol. The van der Waals surface area contributed by atoms with Crippen LogP contribution in [0.1, 0.15) is 32.6 Å². The van der Waals surface area contributed by atoms with Crippen molar-refractivity contribution in [1.29, 1.82) is 0 Å². The molecule has 1 saturated heterocycles. The lowest BCUT2D eigenvalue weighted by Gasteiger charge is -2.36. The number of hydrogen-bond acceptors (Lipinski definition) is 1. The number of nitrogens with one attached hydrogen (secondary N) is 2. The van der Waals surface area contributed by atoms with Crippen LogP contribution in [-0.2, 0) is 0 Å². The number of anilines is 1. The predicted octanol–water partition coefficient (Wildman–Crippen LogP) is 2.82. The SMILES string of the molecule is CCCC[NH+](C)C1CCN(C(=S)Nc2cccc(Cl)c2)CC1. The van der Waals surface area contributed by atoms with Gasteiger partial charge >= 0.3 is 0 Å². The Labute approximate surface area is 144 Å². The molecule has 0 aromatic heterocycles. The number of quaternary nitrogens is 1. The van der Waals surface area contributed by atoms with Gasteiger partial charge in [-0.2, -0.15) is 0 Å². The maximum absolute atomic E-state index is 6.01. The molecule has 0 bridgehead atoms. The van der Waals surface area contributed by atoms with Gasteiger partial charge in [-0.15, -0.1) is 0 Å². The number of unbranched alkanes of at least 4 members (excludes halogenated alkanes) is 1. The molecule has 1 unspecified atom stereocenters. The summed E-state index contributed by atoms with van der Waals surface area (Å²) in [5.41, 5.74) is 0.963. The Balaban J connectivity index is 1.80. The lowest BCUT2D eigenvalue weighted by molar-refractivity contribution is -0.907. The Hall–Kier alpha value is -0.840. The monoisotopic (exact) mass is 340 g/mol. The summed E-state index contributed by atoms with van der Waals surface area (Å²) in [5.74, 6) is 0. The van der Waals surface area contributed by atoms with Gasteiger partial charge in [0, 0.05) is 36.6 Å². The summed E-state index contributed by atoms with van der Waals surface area (Å²) < 4.78 is 0. The van der Waals surface area contributed by atoms with Crippen LogP contribution in [0, 0.1) is 0 Å². The summed E-state index contributed by atoms with van der Waals surface area (Å²) in [6.07, 6.45) is 5.03. The highest BCUT2D eigenvalue weighted by Gasteiger charge is 2.26. The van der Waals surface area contributed by atoms with Gasteiger partial charge < -0.3 is 15.1 Å². The van der Waals surface area contributed by atoms with Crippen LogP contribution in [0.5, 0.6) is 0 Å². The number of halogens is 1. The van der Waals surface area contributed by atoms with E-state index in [4.69, 9.17) is 23.8 Å². The number of piperidine rings is 1. The van der Waals surface area contributed by atoms with E-state index in [1.807, 2.05) is 24.3 Å². The first-order valence-electron chi connectivity index (χ1n) is 8.24. The zero-order valence-corrected chi connectivity index (χ0v) is 15.1. The van der Waals surface area contributed by atoms with Gasteiger partial charge in [0.05, 0.1) is 19.6 Å². The molecule has 0 saturated carbocycles. The van der Waals surface area contributed by atoms with Gasteiger partial charge in [0.1, 0.15) is 0 Å². The van der Waals surface area contributed by atoms with Gasteiger partial charge in [0.15, 0.2) is 5.11 Å². The lowest BCUT2D eigenvalue weighted by atomic mass is 10.0. The van der Waals surface area contributed by atoms with Crippen molar-refractivity contribution >= 4 is 34.6 Å². The summed E-state index contributed by atoms with van der Waals surface area (Å²) in [6.45, 7) is 5.63. The zero-order valence-electron chi connectivity index (χ0n) is 13.6. The van der Waals surface area contributed by atoms with Crippen molar-refractivity contribution in [2.75, 3.05) is 32.0 Å². The lowest BCUT2D eigenvalue weighted by Crippen LogP contribution is -3.13. The highest BCUT2D eigenvalue weighted by atomic mass is 35.5. The van der Waals surface area contributed by atoms with Crippen LogP contribution in [0.2, 0.25) is 5.02 Å². The molecule has 3 nitrogen and oxygen atoms in total. The van der Waals surface area contributed by atoms with Crippen molar-refractivity contribution in [2.24, 2.45) is 0 Å². The summed E-state index contributed by atoms with van der Waals surface area (Å²) in [7, 11) is 2.33. The van der Waals surface area contributed by atoms with Crippen LogP contribution in [-0.4, -0.2) is 42.7 Å². The molecule has 1 aromatic rings. The zero-order chi connectivity index (χ0) is 15.9. The number of rotatable bonds is 5. The minimum Gasteiger partial charge on any atom is -0.349 e. The molecule has 2 rings (SSSR count). The third kappa shape index (κ3) is 5.11. The van der Waals surface area contributed by atoms with Crippen LogP contribution in [0.4, 0.5) is 5.69 Å². The van der Waals surface area contributed by atoms with Gasteiger partial charge in [-0.05, 0) is 36.8 Å². The molecule has 1 fully saturated rings. The minimum absolute atomic E-state index is 0.729. The maximum Gasteiger partial charge on any atom is 0.173 e. The van der Waals surface area contributed by atoms with E-state index in [1.54, 1.807) is 4.90 Å². The van der Waals surface area contributed by atoms with Crippen molar-refractivity contribution in [1.82, 2.24) is 4.90 Å². The fourth-order valence-corrected chi connectivity index (χ4v) is 3.49. The fraction of sp³-hybridized carbons (Fsp3) is 0.588. The smallest absolute Gasteiger partial charge is 0.173 e. The first-order valence-corrected chi connectivity index (χ1v) is 9.02. The third-order valence-corrected chi connectivity index (χ3v) is 5.08. The van der Waals surface area contributed by atoms with Crippen molar-refractivity contribution in [2.45, 2.75) is 38.6 Å². The standard InChI is InChI=1S/C17H26ClN3S/c1-3-4-10-20(2)16-8-11-21(12-9-16)17(22)19-15-7-5-6-14(18)13-15/h5-7,13,16H,3-4,8-12H2,1-2H3,(H,19,22)/p+1. The molecular formula is C17H27ClN3S+. The molecule has 5 heteroatoms. The van der Waals surface area contributed by atoms with Crippen molar-refractivity contribution < 1.29 is 4.90 Å². The Morgan fingerprint density at radius 3 is 2.77 bits per heavy atom. The fourth-order valence-electron chi connectivity index (χ4n) is 3.00. The van der Waals surface area contributed by atoms with E-state index < -0.39 is 0 Å². The van der Waals surface area contributed by atoms with Gasteiger partial charge in [-0.3, -0.25) is 0 Å². The van der Waals surface area contributed by atoms with Crippen molar-refractivity contribution in [3.8, 4) is 0 Å². The largest absolute Gasteiger partial charge is 0.349 e. The second-order valence-electron chi connectivity index (χ2n) is 6.15. The number of nitrogens with zero attached hydrogens (tertiary/aromatic N) is 1. The van der Waals surface area contributed by atoms with Gasteiger partial charge in [-0.25, -0.2) is 0 Å². The molecule has 22 heavy (non-hydrogen) atoms. The Morgan fingerprint density at radius 1 is 1.41 bits per heavy atom. The van der Waals surface area contributed by atoms with Gasteiger partial charge in [0.25, 0.3) is 0 Å². The van der Waals surface area contributed by atoms with Gasteiger partial charge in [0.2, 0.25) is 0 Å². The highest BCUT2D eigenvalue weighted by molar-refractivity contribution is 7.80. The molecule has 0 radical (unpaired) electrons. The maximum atomic E-state index is 6.01. The van der Waals surface area contributed by atoms with E-state index in [2.05, 4.69) is 24.2 Å². The summed E-state index contributed by atoms with van der Waals surface area (Å²) in [5, 5.41) is 4.84. The van der Waals surface area contributed by atoms with E-state index in [9.17, 15) is 0 Å². The van der Waals surface area contributed by atoms with Crippen molar-refractivity contribution in [3.05, 3.63) is 29.3 Å². The molecule has 1 heterocycles. The van der Waals surface area contributed by atoms with E-state index >= 15 is 0 Å². The summed E-state index contributed by atoms with van der Waals surface area (Å²) >= 11 is 11.5. The minimum atomic E-state index is 0.729. The number of thiocarbonyl (C=S) groups is 1. The molecule has 1 aromatic carbocycles. The molecule has 1 aliphatic rings. The molecule has 0 amide bonds. The molecule has 2 N–H and O–H groups in total. The predicted molar refractivity (Wildman–Crippen MR) is 98.9 cm³/mol. The van der Waals surface area contributed by atoms with Gasteiger partial charge in [-0.1, -0.05) is 31.0 Å². The molecular weight excluding hydrogens is 314 g/mol. The van der Waals surface area contributed by atoms with E-state index in [-0.39, 0.29) is 0 Å². The van der Waals surface area contributed by atoms with E-state index in [0.29, 0.717) is 0 Å². The Bertz CT molecular complexity index is 487. The molecule has 0 spiro atoms. The highest BCUT2D eigenvalue weighted by Crippen LogP contribution is 2.16. The Morgan fingerprint density at radius 2 is 2.14 bits per heavy atom. The van der Waals surface area contributed by atoms with Crippen LogP contribution in [0.3, 0.4) is 0 Å². The van der Waals surface area contributed by atoms with Crippen LogP contribution in [0.25, 0.3) is 0 Å². The van der Waals surface area contributed by atoms with Crippen LogP contribution in [0.15, 0.2) is 24.3 Å². The topological polar surface area (TPSA) is 19.7 Å². The number of benzene rings is 1. The Kier molecular flexibility index (Phi) is 6.93. The second kappa shape index (κ2) is 8.70. The molecule has 1 atom stereocenters. The quantitative estimate of drug-likeness (QED) is 0.804. The normalized spacial score (nSPS) is 17.3. The average Bonchev–Trinajstić information content (AvgIpc) is 2.52. The molecule has 1 aliphatic heterocycles. The van der Waals surface area contributed by atoms with Crippen molar-refractivity contribution in [3.63, 3.8) is 0 Å². The van der Waals surface area contributed by atoms with Crippen LogP contribution >= 0.6 is 23.8 Å². The summed E-state index contributed by atoms with van der Waals surface area (Å²) in [4.78, 5) is 3.95.